The van der Waals surface area contributed by atoms with Gasteiger partial charge < -0.3 is 9.47 Å². The first-order valence-electron chi connectivity index (χ1n) is 8.44. The molecule has 0 saturated heterocycles. The van der Waals surface area contributed by atoms with Gasteiger partial charge in [0.25, 0.3) is 26.5 Å². The molecule has 1 aromatic heterocycles. The summed E-state index contributed by atoms with van der Waals surface area (Å²) in [4.78, 5) is 10.3. The van der Waals surface area contributed by atoms with Crippen LogP contribution in [0, 0.1) is 0 Å². The molecule has 32 heavy (non-hydrogen) atoms. The Morgan fingerprint density at radius 3 is 2.09 bits per heavy atom. The third-order valence-corrected chi connectivity index (χ3v) is 8.79. The summed E-state index contributed by atoms with van der Waals surface area (Å²) in [5.41, 5.74) is -0.348. The summed E-state index contributed by atoms with van der Waals surface area (Å²) in [5.74, 6) is -0.0922. The molecule has 0 radical (unpaired) electrons. The van der Waals surface area contributed by atoms with Crippen LogP contribution in [0.3, 0.4) is 0 Å². The molecule has 0 amide bonds. The van der Waals surface area contributed by atoms with Crippen LogP contribution in [0.15, 0.2) is 56.9 Å². The number of nitrogens with one attached hydrogen (secondary N) is 2. The fourth-order valence-electron chi connectivity index (χ4n) is 2.52. The minimum absolute atomic E-state index is 0.00236. The summed E-state index contributed by atoms with van der Waals surface area (Å²) in [7, 11) is -7.13. The predicted octanol–water partition coefficient (Wildman–Crippen LogP) is 4.20. The van der Waals surface area contributed by atoms with Crippen LogP contribution in [0.1, 0.15) is 0 Å². The maximum absolute atomic E-state index is 13.1. The van der Waals surface area contributed by atoms with Crippen molar-refractivity contribution in [2.75, 3.05) is 16.6 Å². The topological polar surface area (TPSA) is 128 Å². The van der Waals surface area contributed by atoms with E-state index in [-0.39, 0.29) is 48.5 Å². The second kappa shape index (κ2) is 9.55. The van der Waals surface area contributed by atoms with Crippen molar-refractivity contribution in [2.45, 2.75) is 9.10 Å². The molecule has 0 spiro atoms. The number of halogens is 2. The lowest BCUT2D eigenvalue weighted by Crippen LogP contribution is -2.18. The van der Waals surface area contributed by atoms with E-state index in [0.29, 0.717) is 0 Å². The molecule has 0 unspecified atom stereocenters. The van der Waals surface area contributed by atoms with Crippen molar-refractivity contribution in [2.24, 2.45) is 0 Å². The number of benzene rings is 2. The molecule has 0 aliphatic rings. The fourth-order valence-corrected chi connectivity index (χ4v) is 6.17. The SMILES string of the molecule is COc1ccc(OC=O)cc1S(=O)(=O)Nc1cc(Cl)c(Cl)cc1NS(=O)(=O)c1cccs1. The minimum atomic E-state index is -4.36. The molecule has 14 heteroatoms. The third-order valence-electron chi connectivity index (χ3n) is 3.92. The minimum Gasteiger partial charge on any atom is -0.495 e. The van der Waals surface area contributed by atoms with Gasteiger partial charge in [0.1, 0.15) is 20.6 Å². The lowest BCUT2D eigenvalue weighted by Gasteiger charge is -2.17. The van der Waals surface area contributed by atoms with Gasteiger partial charge in [-0.3, -0.25) is 14.2 Å². The van der Waals surface area contributed by atoms with Crippen molar-refractivity contribution >= 4 is 72.4 Å². The molecule has 170 valence electrons. The molecule has 0 fully saturated rings. The van der Waals surface area contributed by atoms with E-state index in [1.54, 1.807) is 11.4 Å². The van der Waals surface area contributed by atoms with Gasteiger partial charge in [-0.25, -0.2) is 16.8 Å². The molecule has 1 heterocycles. The number of ether oxygens (including phenoxy) is 2. The van der Waals surface area contributed by atoms with Gasteiger partial charge in [-0.2, -0.15) is 0 Å². The first kappa shape index (κ1) is 24.1. The van der Waals surface area contributed by atoms with Gasteiger partial charge in [0.15, 0.2) is 0 Å². The van der Waals surface area contributed by atoms with E-state index in [0.717, 1.165) is 23.5 Å². The quantitative estimate of drug-likeness (QED) is 0.392. The van der Waals surface area contributed by atoms with E-state index < -0.39 is 20.0 Å². The average Bonchev–Trinajstić information content (AvgIpc) is 3.27. The molecule has 2 N–H and O–H groups in total. The number of hydrogen-bond donors (Lipinski definition) is 2. The monoisotopic (exact) mass is 536 g/mol. The predicted molar refractivity (Wildman–Crippen MR) is 122 cm³/mol. The van der Waals surface area contributed by atoms with Crippen molar-refractivity contribution in [3.63, 3.8) is 0 Å². The molecular weight excluding hydrogens is 523 g/mol. The van der Waals surface area contributed by atoms with Crippen molar-refractivity contribution in [1.82, 2.24) is 0 Å². The molecular formula is C18H14Cl2N2O7S3. The summed E-state index contributed by atoms with van der Waals surface area (Å²) in [6, 6.07) is 8.98. The van der Waals surface area contributed by atoms with Gasteiger partial charge in [0, 0.05) is 6.07 Å². The van der Waals surface area contributed by atoms with Crippen molar-refractivity contribution in [3.05, 3.63) is 57.9 Å². The number of methoxy groups -OCH3 is 1. The smallest absolute Gasteiger partial charge is 0.298 e. The van der Waals surface area contributed by atoms with Crippen molar-refractivity contribution < 1.29 is 31.1 Å². The Morgan fingerprint density at radius 1 is 0.938 bits per heavy atom. The number of hydrogen-bond acceptors (Lipinski definition) is 8. The molecule has 0 atom stereocenters. The maximum atomic E-state index is 13.1. The molecule has 0 aliphatic carbocycles. The lowest BCUT2D eigenvalue weighted by atomic mass is 10.3. The normalized spacial score (nSPS) is 11.6. The van der Waals surface area contributed by atoms with Crippen LogP contribution in [-0.2, 0) is 24.8 Å². The Labute approximate surface area is 198 Å². The molecule has 3 aromatic rings. The zero-order valence-electron chi connectivity index (χ0n) is 16.0. The maximum Gasteiger partial charge on any atom is 0.298 e. The third kappa shape index (κ3) is 5.27. The van der Waals surface area contributed by atoms with Crippen LogP contribution >= 0.6 is 34.5 Å². The standard InChI is InChI=1S/C18H14Cl2N2O7S3/c1-28-16-5-4-11(29-10-23)7-17(16)31(24,25)21-14-8-12(19)13(20)9-15(14)22-32(26,27)18-3-2-6-30-18/h2-10,21-22H,1H3. The summed E-state index contributed by atoms with van der Waals surface area (Å²) in [6.45, 7) is 0.141. The van der Waals surface area contributed by atoms with Crippen LogP contribution in [0.25, 0.3) is 0 Å². The molecule has 2 aromatic carbocycles. The number of sulfonamides is 2. The highest BCUT2D eigenvalue weighted by molar-refractivity contribution is 7.94. The van der Waals surface area contributed by atoms with E-state index >= 15 is 0 Å². The van der Waals surface area contributed by atoms with Gasteiger partial charge >= 0.3 is 0 Å². The van der Waals surface area contributed by atoms with E-state index in [2.05, 4.69) is 9.44 Å². The molecule has 9 nitrogen and oxygen atoms in total. The van der Waals surface area contributed by atoms with Gasteiger partial charge in [0.2, 0.25) is 0 Å². The summed E-state index contributed by atoms with van der Waals surface area (Å²) >= 11 is 13.0. The van der Waals surface area contributed by atoms with Crippen molar-refractivity contribution in [1.29, 1.82) is 0 Å². The van der Waals surface area contributed by atoms with Gasteiger partial charge in [-0.1, -0.05) is 29.3 Å². The Balaban J connectivity index is 2.06. The first-order chi connectivity index (χ1) is 15.1. The van der Waals surface area contributed by atoms with Crippen molar-refractivity contribution in [3.8, 4) is 11.5 Å². The number of carbonyl (C=O) groups is 1. The van der Waals surface area contributed by atoms with Gasteiger partial charge in [-0.05, 0) is 35.7 Å². The Hall–Kier alpha value is -2.51. The Morgan fingerprint density at radius 2 is 1.56 bits per heavy atom. The largest absolute Gasteiger partial charge is 0.495 e. The van der Waals surface area contributed by atoms with E-state index in [4.69, 9.17) is 32.7 Å². The number of anilines is 2. The second-order valence-electron chi connectivity index (χ2n) is 5.98. The summed E-state index contributed by atoms with van der Waals surface area (Å²) in [5, 5.41) is 1.55. The van der Waals surface area contributed by atoms with Crippen LogP contribution in [-0.4, -0.2) is 30.4 Å². The van der Waals surface area contributed by atoms with Crippen LogP contribution in [0.2, 0.25) is 10.0 Å². The highest BCUT2D eigenvalue weighted by Crippen LogP contribution is 2.37. The van der Waals surface area contributed by atoms with E-state index in [1.165, 1.54) is 31.4 Å². The number of rotatable bonds is 9. The fraction of sp³-hybridized carbons (Fsp3) is 0.0556. The Bertz CT molecular complexity index is 1360. The average molecular weight is 537 g/mol. The Kier molecular flexibility index (Phi) is 7.20. The number of carbonyl (C=O) groups excluding carboxylic acids is 1. The van der Waals surface area contributed by atoms with Crippen LogP contribution < -0.4 is 18.9 Å². The summed E-state index contributed by atoms with van der Waals surface area (Å²) < 4.78 is 65.8. The first-order valence-corrected chi connectivity index (χ1v) is 13.0. The van der Waals surface area contributed by atoms with E-state index in [1.807, 2.05) is 0 Å². The highest BCUT2D eigenvalue weighted by atomic mass is 35.5. The molecule has 0 saturated carbocycles. The number of thiophene rings is 1. The molecule has 3 rings (SSSR count). The molecule has 0 bridgehead atoms. The second-order valence-corrected chi connectivity index (χ2v) is 11.3. The van der Waals surface area contributed by atoms with Gasteiger partial charge in [-0.15, -0.1) is 11.3 Å². The summed E-state index contributed by atoms with van der Waals surface area (Å²) in [6.07, 6.45) is 0. The zero-order chi connectivity index (χ0) is 23.5. The lowest BCUT2D eigenvalue weighted by molar-refractivity contribution is -0.120. The van der Waals surface area contributed by atoms with Gasteiger partial charge in [0.05, 0.1) is 28.5 Å². The van der Waals surface area contributed by atoms with Crippen LogP contribution in [0.4, 0.5) is 11.4 Å². The highest BCUT2D eigenvalue weighted by Gasteiger charge is 2.25. The van der Waals surface area contributed by atoms with Crippen LogP contribution in [0.5, 0.6) is 11.5 Å². The zero-order valence-corrected chi connectivity index (χ0v) is 20.0. The van der Waals surface area contributed by atoms with E-state index in [9.17, 15) is 21.6 Å². The molecule has 0 aliphatic heterocycles.